The molecule has 3 unspecified atom stereocenters. The number of fused-ring (bicyclic) bond motifs is 1. The van der Waals surface area contributed by atoms with Gasteiger partial charge in [0.05, 0.1) is 11.5 Å². The Morgan fingerprint density at radius 3 is 2.64 bits per heavy atom. The molecule has 1 aliphatic carbocycles. The third-order valence-electron chi connectivity index (χ3n) is 6.79. The minimum Gasteiger partial charge on any atom is -0.356 e. The van der Waals surface area contributed by atoms with Gasteiger partial charge in [0.1, 0.15) is 0 Å². The van der Waals surface area contributed by atoms with E-state index in [-0.39, 0.29) is 29.9 Å². The molecule has 1 saturated carbocycles. The van der Waals surface area contributed by atoms with E-state index in [0.29, 0.717) is 18.1 Å². The van der Waals surface area contributed by atoms with Gasteiger partial charge in [-0.3, -0.25) is 9.89 Å². The molecule has 0 aromatic carbocycles. The van der Waals surface area contributed by atoms with Gasteiger partial charge in [-0.1, -0.05) is 6.92 Å². The molecule has 162 valence electrons. The molecule has 0 amide bonds. The van der Waals surface area contributed by atoms with Crippen molar-refractivity contribution in [1.29, 1.82) is 0 Å². The van der Waals surface area contributed by atoms with Crippen LogP contribution in [0.5, 0.6) is 0 Å². The van der Waals surface area contributed by atoms with Gasteiger partial charge in [0.25, 0.3) is 0 Å². The van der Waals surface area contributed by atoms with E-state index in [4.69, 9.17) is 4.99 Å². The Morgan fingerprint density at radius 1 is 1.14 bits per heavy atom. The topological polar surface area (TPSA) is 65.0 Å². The molecule has 1 N–H and O–H groups in total. The van der Waals surface area contributed by atoms with Gasteiger partial charge in [0.15, 0.2) is 15.8 Å². The average molecular weight is 525 g/mol. The van der Waals surface area contributed by atoms with Crippen LogP contribution < -0.4 is 5.32 Å². The molecule has 0 radical (unpaired) electrons. The van der Waals surface area contributed by atoms with Crippen LogP contribution in [-0.2, 0) is 9.84 Å². The number of aliphatic imine (C=N–C) groups is 1. The fourth-order valence-corrected chi connectivity index (χ4v) is 7.08. The lowest BCUT2D eigenvalue weighted by Crippen LogP contribution is -2.57. The molecule has 0 spiro atoms. The van der Waals surface area contributed by atoms with Crippen LogP contribution in [0, 0.1) is 11.8 Å². The second-order valence-corrected chi connectivity index (χ2v) is 11.3. The molecule has 28 heavy (non-hydrogen) atoms. The van der Waals surface area contributed by atoms with Gasteiger partial charge >= 0.3 is 0 Å². The van der Waals surface area contributed by atoms with Crippen LogP contribution in [0.1, 0.15) is 51.9 Å². The lowest BCUT2D eigenvalue weighted by atomic mass is 9.83. The quantitative estimate of drug-likeness (QED) is 0.340. The number of likely N-dealkylation sites (tertiary alicyclic amines) is 2. The summed E-state index contributed by atoms with van der Waals surface area (Å²) >= 11 is 0. The van der Waals surface area contributed by atoms with E-state index in [1.807, 2.05) is 0 Å². The Kier molecular flexibility index (Phi) is 7.92. The fourth-order valence-electron chi connectivity index (χ4n) is 5.23. The van der Waals surface area contributed by atoms with E-state index < -0.39 is 9.84 Å². The second kappa shape index (κ2) is 9.81. The number of guanidine groups is 1. The number of nitrogens with one attached hydrogen (secondary N) is 1. The summed E-state index contributed by atoms with van der Waals surface area (Å²) in [4.78, 5) is 10.2. The predicted molar refractivity (Wildman–Crippen MR) is 125 cm³/mol. The first-order chi connectivity index (χ1) is 13.1. The van der Waals surface area contributed by atoms with E-state index in [9.17, 15) is 8.42 Å². The van der Waals surface area contributed by atoms with Crippen molar-refractivity contribution in [1.82, 2.24) is 15.1 Å². The van der Waals surface area contributed by atoms with E-state index in [2.05, 4.69) is 22.0 Å². The number of piperidine rings is 2. The molecule has 4 rings (SSSR count). The molecule has 6 nitrogen and oxygen atoms in total. The molecule has 4 aliphatic rings. The maximum atomic E-state index is 11.7. The lowest BCUT2D eigenvalue weighted by Gasteiger charge is -2.48. The Hall–Kier alpha value is -0.0900. The number of rotatable bonds is 5. The van der Waals surface area contributed by atoms with Crippen LogP contribution in [0.4, 0.5) is 0 Å². The van der Waals surface area contributed by atoms with Crippen molar-refractivity contribution in [3.8, 4) is 0 Å². The van der Waals surface area contributed by atoms with Crippen molar-refractivity contribution >= 4 is 39.8 Å². The summed E-state index contributed by atoms with van der Waals surface area (Å²) < 4.78 is 23.5. The summed E-state index contributed by atoms with van der Waals surface area (Å²) in [6.45, 7) is 7.23. The van der Waals surface area contributed by atoms with Gasteiger partial charge in [-0.05, 0) is 63.3 Å². The molecule has 0 bridgehead atoms. The van der Waals surface area contributed by atoms with Crippen LogP contribution in [0.2, 0.25) is 0 Å². The largest absolute Gasteiger partial charge is 0.356 e. The minimum absolute atomic E-state index is 0. The Morgan fingerprint density at radius 2 is 1.96 bits per heavy atom. The van der Waals surface area contributed by atoms with Gasteiger partial charge in [-0.2, -0.15) is 0 Å². The highest BCUT2D eigenvalue weighted by atomic mass is 127. The molecule has 0 aromatic heterocycles. The van der Waals surface area contributed by atoms with Crippen molar-refractivity contribution in [2.45, 2.75) is 64.0 Å². The highest BCUT2D eigenvalue weighted by Crippen LogP contribution is 2.38. The fraction of sp³-hybridized carbons (Fsp3) is 0.950. The van der Waals surface area contributed by atoms with Crippen molar-refractivity contribution in [2.24, 2.45) is 16.8 Å². The van der Waals surface area contributed by atoms with Crippen LogP contribution in [-0.4, -0.2) is 80.5 Å². The first kappa shape index (κ1) is 22.6. The number of sulfone groups is 1. The summed E-state index contributed by atoms with van der Waals surface area (Å²) in [5.74, 6) is 2.64. The van der Waals surface area contributed by atoms with Crippen LogP contribution in [0.3, 0.4) is 0 Å². The van der Waals surface area contributed by atoms with Gasteiger partial charge in [0.2, 0.25) is 0 Å². The summed E-state index contributed by atoms with van der Waals surface area (Å²) in [5.41, 5.74) is 0. The minimum atomic E-state index is -2.82. The molecule has 0 aromatic rings. The molecule has 3 saturated heterocycles. The van der Waals surface area contributed by atoms with E-state index in [1.165, 1.54) is 38.6 Å². The standard InChI is InChI=1S/C20H36N4O2S.HI/c1-2-9-21-20(22-13-16-8-12-27(25,26)15-16)23-11-7-19-17(14-23)4-3-10-24(19)18-5-6-18;/h16-19H,2-15H2,1H3,(H,21,22);1H. The zero-order valence-corrected chi connectivity index (χ0v) is 20.3. The lowest BCUT2D eigenvalue weighted by molar-refractivity contribution is 0.0369. The molecule has 4 fully saturated rings. The number of hydrogen-bond donors (Lipinski definition) is 1. The van der Waals surface area contributed by atoms with E-state index in [0.717, 1.165) is 56.4 Å². The molecule has 3 aliphatic heterocycles. The number of nitrogens with zero attached hydrogens (tertiary/aromatic N) is 3. The van der Waals surface area contributed by atoms with Crippen LogP contribution in [0.25, 0.3) is 0 Å². The number of halogens is 1. The highest BCUT2D eigenvalue weighted by Gasteiger charge is 2.42. The Bertz CT molecular complexity index is 653. The van der Waals surface area contributed by atoms with E-state index >= 15 is 0 Å². The average Bonchev–Trinajstić information content (AvgIpc) is 3.44. The van der Waals surface area contributed by atoms with Gasteiger partial charge in [-0.25, -0.2) is 8.42 Å². The highest BCUT2D eigenvalue weighted by molar-refractivity contribution is 14.0. The Labute approximate surface area is 187 Å². The zero-order chi connectivity index (χ0) is 18.9. The smallest absolute Gasteiger partial charge is 0.193 e. The molecular formula is C20H37IN4O2S. The molecule has 8 heteroatoms. The summed E-state index contributed by atoms with van der Waals surface area (Å²) in [5, 5.41) is 3.54. The van der Waals surface area contributed by atoms with Gasteiger partial charge < -0.3 is 10.2 Å². The van der Waals surface area contributed by atoms with Gasteiger partial charge in [0, 0.05) is 38.3 Å². The van der Waals surface area contributed by atoms with Gasteiger partial charge in [-0.15, -0.1) is 24.0 Å². The van der Waals surface area contributed by atoms with Crippen molar-refractivity contribution in [3.63, 3.8) is 0 Å². The van der Waals surface area contributed by atoms with Crippen molar-refractivity contribution < 1.29 is 8.42 Å². The van der Waals surface area contributed by atoms with Crippen molar-refractivity contribution in [3.05, 3.63) is 0 Å². The molecular weight excluding hydrogens is 487 g/mol. The first-order valence-electron chi connectivity index (χ1n) is 11.0. The first-order valence-corrected chi connectivity index (χ1v) is 12.9. The zero-order valence-electron chi connectivity index (χ0n) is 17.2. The van der Waals surface area contributed by atoms with E-state index in [1.54, 1.807) is 0 Å². The predicted octanol–water partition coefficient (Wildman–Crippen LogP) is 2.34. The maximum absolute atomic E-state index is 11.7. The Balaban J connectivity index is 0.00000225. The monoisotopic (exact) mass is 524 g/mol. The summed E-state index contributed by atoms with van der Waals surface area (Å²) in [6, 6.07) is 1.65. The van der Waals surface area contributed by atoms with Crippen LogP contribution >= 0.6 is 24.0 Å². The SMILES string of the molecule is CCCNC(=NCC1CCS(=O)(=O)C1)N1CCC2C(CCCN2C2CC2)C1.I. The number of hydrogen-bond acceptors (Lipinski definition) is 4. The molecule has 3 heterocycles. The third kappa shape index (κ3) is 5.53. The maximum Gasteiger partial charge on any atom is 0.193 e. The summed E-state index contributed by atoms with van der Waals surface area (Å²) in [7, 11) is -2.82. The van der Waals surface area contributed by atoms with Crippen LogP contribution in [0.15, 0.2) is 4.99 Å². The summed E-state index contributed by atoms with van der Waals surface area (Å²) in [6.07, 6.45) is 8.57. The van der Waals surface area contributed by atoms with Crippen molar-refractivity contribution in [2.75, 3.05) is 44.2 Å². The second-order valence-electron chi connectivity index (χ2n) is 9.03. The normalized spacial score (nSPS) is 33.2. The third-order valence-corrected chi connectivity index (χ3v) is 8.62. The molecule has 3 atom stereocenters.